The summed E-state index contributed by atoms with van der Waals surface area (Å²) in [6, 6.07) is 9.23. The second kappa shape index (κ2) is 8.52. The van der Waals surface area contributed by atoms with E-state index in [-0.39, 0.29) is 5.91 Å². The summed E-state index contributed by atoms with van der Waals surface area (Å²) in [5.41, 5.74) is 1.33. The van der Waals surface area contributed by atoms with Gasteiger partial charge in [-0.3, -0.25) is 9.69 Å². The predicted molar refractivity (Wildman–Crippen MR) is 96.2 cm³/mol. The third-order valence-electron chi connectivity index (χ3n) is 5.46. The summed E-state index contributed by atoms with van der Waals surface area (Å²) in [6.45, 7) is 1.95. The van der Waals surface area contributed by atoms with E-state index in [2.05, 4.69) is 22.3 Å². The van der Waals surface area contributed by atoms with Crippen molar-refractivity contribution in [3.63, 3.8) is 0 Å². The summed E-state index contributed by atoms with van der Waals surface area (Å²) in [5.74, 6) is 1.12. The van der Waals surface area contributed by atoms with Crippen LogP contribution < -0.4 is 10.1 Å². The second-order valence-electron chi connectivity index (χ2n) is 7.12. The minimum absolute atomic E-state index is 0.224. The molecule has 1 aromatic carbocycles. The molecule has 0 bridgehead atoms. The molecule has 1 N–H and O–H groups in total. The Balaban J connectivity index is 1.49. The molecule has 2 fully saturated rings. The molecule has 24 heavy (non-hydrogen) atoms. The topological polar surface area (TPSA) is 41.6 Å². The van der Waals surface area contributed by atoms with Gasteiger partial charge in [0.05, 0.1) is 7.11 Å². The van der Waals surface area contributed by atoms with E-state index in [1.165, 1.54) is 37.7 Å². The fraction of sp³-hybridized carbons (Fsp3) is 0.650. The van der Waals surface area contributed by atoms with E-state index in [1.54, 1.807) is 7.11 Å². The number of nitrogens with one attached hydrogen (secondary N) is 1. The first-order chi connectivity index (χ1) is 11.8. The summed E-state index contributed by atoms with van der Waals surface area (Å²) >= 11 is 0. The van der Waals surface area contributed by atoms with Crippen LogP contribution in [0.1, 0.15) is 63.0 Å². The van der Waals surface area contributed by atoms with Crippen molar-refractivity contribution >= 4 is 5.91 Å². The Hall–Kier alpha value is -1.55. The fourth-order valence-electron chi connectivity index (χ4n) is 4.09. The third-order valence-corrected chi connectivity index (χ3v) is 5.46. The van der Waals surface area contributed by atoms with E-state index in [1.807, 2.05) is 12.1 Å². The maximum absolute atomic E-state index is 12.2. The molecule has 1 amide bonds. The van der Waals surface area contributed by atoms with Crippen molar-refractivity contribution < 1.29 is 9.53 Å². The van der Waals surface area contributed by atoms with Crippen LogP contribution in [0.3, 0.4) is 0 Å². The summed E-state index contributed by atoms with van der Waals surface area (Å²) in [6.07, 6.45) is 9.16. The standard InChI is InChI=1S/C20H30N2O2/c1-24-18-11-9-16(10-12-18)19-8-5-14-22(19)15-13-20(23)21-17-6-3-2-4-7-17/h9-12,17,19H,2-8,13-15H2,1H3,(H,21,23). The van der Waals surface area contributed by atoms with Crippen molar-refractivity contribution in [3.8, 4) is 5.75 Å². The molecule has 132 valence electrons. The molecule has 1 heterocycles. The van der Waals surface area contributed by atoms with Crippen LogP contribution in [0.2, 0.25) is 0 Å². The normalized spacial score (nSPS) is 22.5. The zero-order valence-corrected chi connectivity index (χ0v) is 14.8. The zero-order chi connectivity index (χ0) is 16.8. The van der Waals surface area contributed by atoms with Gasteiger partial charge in [0, 0.05) is 25.0 Å². The maximum atomic E-state index is 12.2. The molecule has 2 aliphatic rings. The number of benzene rings is 1. The predicted octanol–water partition coefficient (Wildman–Crippen LogP) is 3.67. The van der Waals surface area contributed by atoms with Crippen LogP contribution >= 0.6 is 0 Å². The third kappa shape index (κ3) is 4.50. The van der Waals surface area contributed by atoms with Crippen LogP contribution in [0.5, 0.6) is 5.75 Å². The average Bonchev–Trinajstić information content (AvgIpc) is 3.09. The smallest absolute Gasteiger partial charge is 0.221 e. The first-order valence-electron chi connectivity index (χ1n) is 9.43. The Morgan fingerprint density at radius 3 is 2.58 bits per heavy atom. The molecule has 1 atom stereocenters. The molecule has 0 radical (unpaired) electrons. The average molecular weight is 330 g/mol. The van der Waals surface area contributed by atoms with E-state index >= 15 is 0 Å². The fourth-order valence-corrected chi connectivity index (χ4v) is 4.09. The van der Waals surface area contributed by atoms with Crippen molar-refractivity contribution in [2.75, 3.05) is 20.2 Å². The first-order valence-corrected chi connectivity index (χ1v) is 9.43. The molecule has 1 aliphatic heterocycles. The summed E-state index contributed by atoms with van der Waals surface area (Å²) < 4.78 is 5.24. The monoisotopic (exact) mass is 330 g/mol. The van der Waals surface area contributed by atoms with Crippen LogP contribution in [0.15, 0.2) is 24.3 Å². The molecular formula is C20H30N2O2. The molecule has 1 saturated carbocycles. The summed E-state index contributed by atoms with van der Waals surface area (Å²) in [4.78, 5) is 14.7. The van der Waals surface area contributed by atoms with Gasteiger partial charge in [-0.2, -0.15) is 0 Å². The summed E-state index contributed by atoms with van der Waals surface area (Å²) in [5, 5.41) is 3.23. The molecule has 3 rings (SSSR count). The lowest BCUT2D eigenvalue weighted by Gasteiger charge is -2.26. The number of carbonyl (C=O) groups excluding carboxylic acids is 1. The second-order valence-corrected chi connectivity index (χ2v) is 7.12. The largest absolute Gasteiger partial charge is 0.497 e. The number of hydrogen-bond acceptors (Lipinski definition) is 3. The van der Waals surface area contributed by atoms with Crippen molar-refractivity contribution in [2.24, 2.45) is 0 Å². The van der Waals surface area contributed by atoms with Crippen LogP contribution in [0, 0.1) is 0 Å². The molecule has 1 aromatic rings. The van der Waals surface area contributed by atoms with Gasteiger partial charge in [0.2, 0.25) is 5.91 Å². The Kier molecular flexibility index (Phi) is 6.13. The van der Waals surface area contributed by atoms with Gasteiger partial charge in [-0.15, -0.1) is 0 Å². The van der Waals surface area contributed by atoms with Gasteiger partial charge in [-0.25, -0.2) is 0 Å². The molecule has 4 heteroatoms. The van der Waals surface area contributed by atoms with Gasteiger partial charge >= 0.3 is 0 Å². The van der Waals surface area contributed by atoms with Gasteiger partial charge in [0.25, 0.3) is 0 Å². The Labute approximate surface area is 145 Å². The van der Waals surface area contributed by atoms with Crippen LogP contribution in [-0.2, 0) is 4.79 Å². The first kappa shape index (κ1) is 17.3. The number of methoxy groups -OCH3 is 1. The van der Waals surface area contributed by atoms with E-state index < -0.39 is 0 Å². The maximum Gasteiger partial charge on any atom is 0.221 e. The Bertz CT molecular complexity index is 523. The number of amides is 1. The molecule has 1 aliphatic carbocycles. The summed E-state index contributed by atoms with van der Waals surface area (Å²) in [7, 11) is 1.70. The zero-order valence-electron chi connectivity index (χ0n) is 14.8. The molecule has 4 nitrogen and oxygen atoms in total. The molecular weight excluding hydrogens is 300 g/mol. The van der Waals surface area contributed by atoms with Crippen molar-refractivity contribution in [1.82, 2.24) is 10.2 Å². The number of carbonyl (C=O) groups is 1. The van der Waals surface area contributed by atoms with Gasteiger partial charge in [0.15, 0.2) is 0 Å². The highest BCUT2D eigenvalue weighted by atomic mass is 16.5. The van der Waals surface area contributed by atoms with Gasteiger partial charge < -0.3 is 10.1 Å². The Morgan fingerprint density at radius 2 is 1.88 bits per heavy atom. The number of rotatable bonds is 6. The lowest BCUT2D eigenvalue weighted by molar-refractivity contribution is -0.122. The molecule has 0 spiro atoms. The minimum Gasteiger partial charge on any atom is -0.497 e. The van der Waals surface area contributed by atoms with Gasteiger partial charge in [0.1, 0.15) is 5.75 Å². The van der Waals surface area contributed by atoms with Crippen molar-refractivity contribution in [1.29, 1.82) is 0 Å². The van der Waals surface area contributed by atoms with Crippen molar-refractivity contribution in [2.45, 2.75) is 63.5 Å². The number of nitrogens with zero attached hydrogens (tertiary/aromatic N) is 1. The van der Waals surface area contributed by atoms with E-state index in [9.17, 15) is 4.79 Å². The highest BCUT2D eigenvalue weighted by molar-refractivity contribution is 5.76. The molecule has 1 unspecified atom stereocenters. The van der Waals surface area contributed by atoms with E-state index in [0.29, 0.717) is 18.5 Å². The number of ether oxygens (including phenoxy) is 1. The highest BCUT2D eigenvalue weighted by Gasteiger charge is 2.26. The molecule has 1 saturated heterocycles. The number of likely N-dealkylation sites (tertiary alicyclic amines) is 1. The SMILES string of the molecule is COc1ccc(C2CCCN2CCC(=O)NC2CCCCC2)cc1. The van der Waals surface area contributed by atoms with E-state index in [4.69, 9.17) is 4.74 Å². The highest BCUT2D eigenvalue weighted by Crippen LogP contribution is 2.32. The van der Waals surface area contributed by atoms with Crippen LogP contribution in [0.25, 0.3) is 0 Å². The Morgan fingerprint density at radius 1 is 1.12 bits per heavy atom. The van der Waals surface area contributed by atoms with Crippen LogP contribution in [0.4, 0.5) is 0 Å². The van der Waals surface area contributed by atoms with Gasteiger partial charge in [-0.1, -0.05) is 31.4 Å². The van der Waals surface area contributed by atoms with Crippen molar-refractivity contribution in [3.05, 3.63) is 29.8 Å². The van der Waals surface area contributed by atoms with Gasteiger partial charge in [-0.05, 0) is 49.9 Å². The number of hydrogen-bond donors (Lipinski definition) is 1. The lowest BCUT2D eigenvalue weighted by Crippen LogP contribution is -2.38. The minimum atomic E-state index is 0.224. The lowest BCUT2D eigenvalue weighted by atomic mass is 9.95. The quantitative estimate of drug-likeness (QED) is 0.865. The molecule has 0 aromatic heterocycles. The van der Waals surface area contributed by atoms with Crippen LogP contribution in [-0.4, -0.2) is 37.0 Å². The van der Waals surface area contributed by atoms with E-state index in [0.717, 1.165) is 31.7 Å².